The van der Waals surface area contributed by atoms with E-state index in [0.717, 1.165) is 11.3 Å². The lowest BCUT2D eigenvalue weighted by Crippen LogP contribution is -2.07. The van der Waals surface area contributed by atoms with Gasteiger partial charge in [-0.3, -0.25) is 4.57 Å². The first-order valence-electron chi connectivity index (χ1n) is 10.2. The van der Waals surface area contributed by atoms with Crippen LogP contribution in [-0.4, -0.2) is 25.0 Å². The Balaban J connectivity index is 1.36. The summed E-state index contributed by atoms with van der Waals surface area (Å²) in [4.78, 5) is 0. The van der Waals surface area contributed by atoms with Gasteiger partial charge in [0.15, 0.2) is 22.5 Å². The molecule has 33 heavy (non-hydrogen) atoms. The quantitative estimate of drug-likeness (QED) is 0.290. The van der Waals surface area contributed by atoms with Crippen molar-refractivity contribution in [1.29, 1.82) is 0 Å². The van der Waals surface area contributed by atoms with E-state index in [1.807, 2.05) is 65.2 Å². The molecule has 0 fully saturated rings. The standard InChI is InChI=1S/C24H18FN5O2S/c25-19-13-7-8-14-20(19)31-15-21-26-29-24(30(21)18-11-5-2-6-12-18)33-16-22-27-28-23(32-22)17-9-3-1-4-10-17/h1-14H,15-16H2. The van der Waals surface area contributed by atoms with Crippen LogP contribution in [0.15, 0.2) is 94.5 Å². The Morgan fingerprint density at radius 2 is 1.55 bits per heavy atom. The highest BCUT2D eigenvalue weighted by molar-refractivity contribution is 7.98. The van der Waals surface area contributed by atoms with Crippen LogP contribution < -0.4 is 4.74 Å². The second kappa shape index (κ2) is 9.66. The zero-order chi connectivity index (χ0) is 22.5. The van der Waals surface area contributed by atoms with Crippen LogP contribution in [0.4, 0.5) is 4.39 Å². The predicted molar refractivity (Wildman–Crippen MR) is 121 cm³/mol. The number of thioether (sulfide) groups is 1. The van der Waals surface area contributed by atoms with Crippen LogP contribution >= 0.6 is 11.8 Å². The number of rotatable bonds is 8. The fourth-order valence-corrected chi connectivity index (χ4v) is 3.97. The van der Waals surface area contributed by atoms with Gasteiger partial charge in [0, 0.05) is 11.3 Å². The van der Waals surface area contributed by atoms with E-state index in [1.54, 1.807) is 18.2 Å². The van der Waals surface area contributed by atoms with Crippen LogP contribution in [0.25, 0.3) is 17.1 Å². The lowest BCUT2D eigenvalue weighted by molar-refractivity contribution is 0.278. The third kappa shape index (κ3) is 4.78. The summed E-state index contributed by atoms with van der Waals surface area (Å²) in [5.74, 6) is 1.64. The molecule has 0 amide bonds. The van der Waals surface area contributed by atoms with Gasteiger partial charge in [-0.1, -0.05) is 60.3 Å². The molecule has 7 nitrogen and oxygen atoms in total. The molecule has 0 unspecified atom stereocenters. The number of hydrogen-bond acceptors (Lipinski definition) is 7. The molecule has 0 saturated carbocycles. The minimum atomic E-state index is -0.427. The van der Waals surface area contributed by atoms with E-state index in [0.29, 0.717) is 28.5 Å². The molecule has 0 radical (unpaired) electrons. The van der Waals surface area contributed by atoms with Crippen molar-refractivity contribution in [2.24, 2.45) is 0 Å². The van der Waals surface area contributed by atoms with Crippen molar-refractivity contribution in [2.75, 3.05) is 0 Å². The number of hydrogen-bond donors (Lipinski definition) is 0. The Kier molecular flexibility index (Phi) is 6.12. The normalized spacial score (nSPS) is 10.9. The Bertz CT molecular complexity index is 1340. The van der Waals surface area contributed by atoms with Crippen molar-refractivity contribution >= 4 is 11.8 Å². The highest BCUT2D eigenvalue weighted by atomic mass is 32.2. The Morgan fingerprint density at radius 1 is 0.818 bits per heavy atom. The number of nitrogens with zero attached hydrogens (tertiary/aromatic N) is 5. The Labute approximate surface area is 193 Å². The summed E-state index contributed by atoms with van der Waals surface area (Å²) < 4.78 is 27.3. The Hall–Kier alpha value is -3.98. The maximum Gasteiger partial charge on any atom is 0.247 e. The van der Waals surface area contributed by atoms with E-state index in [9.17, 15) is 4.39 Å². The van der Waals surface area contributed by atoms with Crippen LogP contribution in [0.2, 0.25) is 0 Å². The van der Waals surface area contributed by atoms with Gasteiger partial charge in [0.25, 0.3) is 0 Å². The van der Waals surface area contributed by atoms with Gasteiger partial charge < -0.3 is 9.15 Å². The maximum atomic E-state index is 14.0. The zero-order valence-electron chi connectivity index (χ0n) is 17.3. The van der Waals surface area contributed by atoms with E-state index < -0.39 is 5.82 Å². The lowest BCUT2D eigenvalue weighted by atomic mass is 10.2. The minimum absolute atomic E-state index is 0.0576. The molecule has 9 heteroatoms. The van der Waals surface area contributed by atoms with Crippen molar-refractivity contribution in [3.8, 4) is 22.9 Å². The molecule has 5 aromatic rings. The molecule has 0 bridgehead atoms. The summed E-state index contributed by atoms with van der Waals surface area (Å²) in [6.07, 6.45) is 0. The third-order valence-electron chi connectivity index (χ3n) is 4.72. The van der Waals surface area contributed by atoms with E-state index in [4.69, 9.17) is 9.15 Å². The number of para-hydroxylation sites is 2. The molecule has 0 spiro atoms. The third-order valence-corrected chi connectivity index (χ3v) is 5.63. The molecular weight excluding hydrogens is 441 g/mol. The summed E-state index contributed by atoms with van der Waals surface area (Å²) in [6.45, 7) is 0.0576. The molecule has 3 aromatic carbocycles. The molecule has 0 aliphatic heterocycles. The molecule has 0 saturated heterocycles. The van der Waals surface area contributed by atoms with Crippen molar-refractivity contribution in [3.05, 3.63) is 102 Å². The fraction of sp³-hybridized carbons (Fsp3) is 0.0833. The molecule has 5 rings (SSSR count). The summed E-state index contributed by atoms with van der Waals surface area (Å²) in [5, 5.41) is 17.5. The van der Waals surface area contributed by atoms with E-state index >= 15 is 0 Å². The van der Waals surface area contributed by atoms with Crippen molar-refractivity contribution in [2.45, 2.75) is 17.5 Å². The Morgan fingerprint density at radius 3 is 2.33 bits per heavy atom. The largest absolute Gasteiger partial charge is 0.483 e. The van der Waals surface area contributed by atoms with Crippen LogP contribution in [-0.2, 0) is 12.4 Å². The summed E-state index contributed by atoms with van der Waals surface area (Å²) in [7, 11) is 0. The molecule has 0 N–H and O–H groups in total. The van der Waals surface area contributed by atoms with E-state index in [1.165, 1.54) is 17.8 Å². The highest BCUT2D eigenvalue weighted by Crippen LogP contribution is 2.27. The van der Waals surface area contributed by atoms with Crippen molar-refractivity contribution in [1.82, 2.24) is 25.0 Å². The van der Waals surface area contributed by atoms with Crippen molar-refractivity contribution < 1.29 is 13.5 Å². The summed E-state index contributed by atoms with van der Waals surface area (Å²) >= 11 is 1.41. The SMILES string of the molecule is Fc1ccccc1OCc1nnc(SCc2nnc(-c3ccccc3)o2)n1-c1ccccc1. The van der Waals surface area contributed by atoms with Gasteiger partial charge in [-0.05, 0) is 36.4 Å². The first-order chi connectivity index (χ1) is 16.3. The number of benzene rings is 3. The van der Waals surface area contributed by atoms with Gasteiger partial charge in [0.2, 0.25) is 11.8 Å². The number of ether oxygens (including phenoxy) is 1. The van der Waals surface area contributed by atoms with Gasteiger partial charge in [0.05, 0.1) is 5.75 Å². The molecule has 2 heterocycles. The van der Waals surface area contributed by atoms with Gasteiger partial charge in [0.1, 0.15) is 6.61 Å². The predicted octanol–water partition coefficient (Wildman–Crippen LogP) is 5.33. The monoisotopic (exact) mass is 459 g/mol. The summed E-state index contributed by atoms with van der Waals surface area (Å²) in [5.41, 5.74) is 1.73. The average Bonchev–Trinajstić information content (AvgIpc) is 3.50. The van der Waals surface area contributed by atoms with Crippen LogP contribution in [0.3, 0.4) is 0 Å². The molecule has 164 valence electrons. The molecule has 2 aromatic heterocycles. The second-order valence-electron chi connectivity index (χ2n) is 6.94. The van der Waals surface area contributed by atoms with E-state index in [-0.39, 0.29) is 12.4 Å². The molecule has 0 aliphatic rings. The zero-order valence-corrected chi connectivity index (χ0v) is 18.2. The van der Waals surface area contributed by atoms with Gasteiger partial charge in [-0.2, -0.15) is 0 Å². The second-order valence-corrected chi connectivity index (χ2v) is 7.89. The molecular formula is C24H18FN5O2S. The topological polar surface area (TPSA) is 78.9 Å². The van der Waals surface area contributed by atoms with Gasteiger partial charge in [-0.15, -0.1) is 20.4 Å². The van der Waals surface area contributed by atoms with Crippen molar-refractivity contribution in [3.63, 3.8) is 0 Å². The maximum absolute atomic E-state index is 14.0. The number of halogens is 1. The first kappa shape index (κ1) is 20.9. The van der Waals surface area contributed by atoms with Gasteiger partial charge in [-0.25, -0.2) is 4.39 Å². The summed E-state index contributed by atoms with van der Waals surface area (Å²) in [6, 6.07) is 25.5. The minimum Gasteiger partial charge on any atom is -0.483 e. The lowest BCUT2D eigenvalue weighted by Gasteiger charge is -2.11. The molecule has 0 atom stereocenters. The average molecular weight is 460 g/mol. The molecule has 0 aliphatic carbocycles. The van der Waals surface area contributed by atoms with E-state index in [2.05, 4.69) is 20.4 Å². The smallest absolute Gasteiger partial charge is 0.247 e. The highest BCUT2D eigenvalue weighted by Gasteiger charge is 2.17. The fourth-order valence-electron chi connectivity index (χ4n) is 3.16. The first-order valence-corrected chi connectivity index (χ1v) is 11.1. The van der Waals surface area contributed by atoms with Gasteiger partial charge >= 0.3 is 0 Å². The number of aromatic nitrogens is 5. The van der Waals surface area contributed by atoms with Crippen LogP contribution in [0.1, 0.15) is 11.7 Å². The van der Waals surface area contributed by atoms with Crippen LogP contribution in [0, 0.1) is 5.82 Å². The van der Waals surface area contributed by atoms with Crippen LogP contribution in [0.5, 0.6) is 5.75 Å².